The Kier molecular flexibility index (Phi) is 3.03. The maximum Gasteiger partial charge on any atom is 0.228 e. The number of benzene rings is 1. The first kappa shape index (κ1) is 12.2. The number of nitriles is 1. The predicted octanol–water partition coefficient (Wildman–Crippen LogP) is 3.05. The molecular weight excluding hydrogens is 308 g/mol. The molecule has 2 aromatic rings. The zero-order valence-corrected chi connectivity index (χ0v) is 11.7. The Balaban J connectivity index is 2.14. The molecule has 1 saturated heterocycles. The molecule has 0 radical (unpaired) electrons. The maximum absolute atomic E-state index is 12.1. The lowest BCUT2D eigenvalue weighted by atomic mass is 10.1. The van der Waals surface area contributed by atoms with Crippen molar-refractivity contribution in [2.24, 2.45) is 5.92 Å². The number of hydrogen-bond acceptors (Lipinski definition) is 3. The highest BCUT2D eigenvalue weighted by Gasteiger charge is 2.33. The van der Waals surface area contributed by atoms with Crippen molar-refractivity contribution < 1.29 is 9.21 Å². The summed E-state index contributed by atoms with van der Waals surface area (Å²) in [6, 6.07) is 9.46. The van der Waals surface area contributed by atoms with Crippen LogP contribution in [-0.4, -0.2) is 17.8 Å². The minimum atomic E-state index is 0.0486. The molecule has 1 aliphatic rings. The minimum absolute atomic E-state index is 0.0486. The number of carbonyl (C=O) groups excluding carboxylic acids is 1. The highest BCUT2D eigenvalue weighted by atomic mass is 79.9. The summed E-state index contributed by atoms with van der Waals surface area (Å²) in [6.45, 7) is 0.627. The van der Waals surface area contributed by atoms with Gasteiger partial charge in [-0.15, -0.1) is 0 Å². The van der Waals surface area contributed by atoms with Crippen LogP contribution in [0.5, 0.6) is 0 Å². The number of anilines is 1. The van der Waals surface area contributed by atoms with Crippen molar-refractivity contribution >= 4 is 38.5 Å². The van der Waals surface area contributed by atoms with Crippen LogP contribution in [-0.2, 0) is 4.79 Å². The maximum atomic E-state index is 12.1. The van der Waals surface area contributed by atoms with Crippen molar-refractivity contribution in [2.45, 2.75) is 6.42 Å². The standard InChI is InChI=1S/C14H11BrN2O2/c15-6-9-5-13(18)17(8-9)14-10-3-1-2-4-11(10)19-12(14)7-16/h1-4,9H,5-6,8H2. The van der Waals surface area contributed by atoms with Gasteiger partial charge in [0.05, 0.1) is 0 Å². The van der Waals surface area contributed by atoms with Crippen LogP contribution in [0.4, 0.5) is 5.69 Å². The van der Waals surface area contributed by atoms with Crippen molar-refractivity contribution in [1.82, 2.24) is 0 Å². The fraction of sp³-hybridized carbons (Fsp3) is 0.286. The Morgan fingerprint density at radius 1 is 1.47 bits per heavy atom. The number of alkyl halides is 1. The topological polar surface area (TPSA) is 57.2 Å². The molecule has 1 aliphatic heterocycles. The van der Waals surface area contributed by atoms with Gasteiger partial charge in [0.1, 0.15) is 17.3 Å². The summed E-state index contributed by atoms with van der Waals surface area (Å²) in [4.78, 5) is 13.8. The lowest BCUT2D eigenvalue weighted by molar-refractivity contribution is -0.117. The molecule has 0 saturated carbocycles. The summed E-state index contributed by atoms with van der Waals surface area (Å²) >= 11 is 3.41. The fourth-order valence-electron chi connectivity index (χ4n) is 2.48. The molecule has 5 heteroatoms. The van der Waals surface area contributed by atoms with Crippen molar-refractivity contribution in [2.75, 3.05) is 16.8 Å². The third-order valence-corrected chi connectivity index (χ3v) is 4.28. The van der Waals surface area contributed by atoms with Gasteiger partial charge in [0.15, 0.2) is 0 Å². The van der Waals surface area contributed by atoms with E-state index in [0.29, 0.717) is 24.2 Å². The lowest BCUT2D eigenvalue weighted by Gasteiger charge is -2.15. The molecule has 1 atom stereocenters. The summed E-state index contributed by atoms with van der Waals surface area (Å²) in [5.74, 6) is 0.546. The molecule has 1 aromatic carbocycles. The molecule has 0 aliphatic carbocycles. The first-order valence-electron chi connectivity index (χ1n) is 6.02. The second kappa shape index (κ2) is 4.71. The number of fused-ring (bicyclic) bond motifs is 1. The van der Waals surface area contributed by atoms with Crippen molar-refractivity contribution in [3.63, 3.8) is 0 Å². The normalized spacial score (nSPS) is 19.1. The summed E-state index contributed by atoms with van der Waals surface area (Å²) in [7, 11) is 0. The average Bonchev–Trinajstić information content (AvgIpc) is 2.98. The van der Waals surface area contributed by atoms with Gasteiger partial charge in [-0.25, -0.2) is 0 Å². The van der Waals surface area contributed by atoms with Gasteiger partial charge in [-0.1, -0.05) is 28.1 Å². The molecule has 2 heterocycles. The SMILES string of the molecule is N#Cc1oc2ccccc2c1N1CC(CBr)CC1=O. The van der Waals surface area contributed by atoms with Gasteiger partial charge in [-0.2, -0.15) is 5.26 Å². The summed E-state index contributed by atoms with van der Waals surface area (Å²) in [5, 5.41) is 10.8. The van der Waals surface area contributed by atoms with E-state index in [1.165, 1.54) is 0 Å². The second-order valence-electron chi connectivity index (χ2n) is 4.62. The van der Waals surface area contributed by atoms with Crippen LogP contribution < -0.4 is 4.90 Å². The number of nitrogens with zero attached hydrogens (tertiary/aromatic N) is 2. The van der Waals surface area contributed by atoms with E-state index in [-0.39, 0.29) is 17.6 Å². The van der Waals surface area contributed by atoms with E-state index < -0.39 is 0 Å². The van der Waals surface area contributed by atoms with Gasteiger partial charge >= 0.3 is 0 Å². The van der Waals surface area contributed by atoms with Gasteiger partial charge in [-0.3, -0.25) is 4.79 Å². The molecular formula is C14H11BrN2O2. The van der Waals surface area contributed by atoms with Gasteiger partial charge in [0, 0.05) is 23.7 Å². The van der Waals surface area contributed by atoms with E-state index in [0.717, 1.165) is 10.7 Å². The number of para-hydroxylation sites is 1. The number of halogens is 1. The molecule has 1 unspecified atom stereocenters. The van der Waals surface area contributed by atoms with Crippen LogP contribution in [0.3, 0.4) is 0 Å². The van der Waals surface area contributed by atoms with E-state index >= 15 is 0 Å². The molecule has 3 rings (SSSR count). The number of amides is 1. The Hall–Kier alpha value is -1.80. The minimum Gasteiger partial charge on any atom is -0.443 e. The monoisotopic (exact) mass is 318 g/mol. The molecule has 0 N–H and O–H groups in total. The van der Waals surface area contributed by atoms with Crippen LogP contribution in [0.25, 0.3) is 11.0 Å². The molecule has 1 aromatic heterocycles. The summed E-state index contributed by atoms with van der Waals surface area (Å²) < 4.78 is 5.51. The molecule has 0 spiro atoms. The predicted molar refractivity (Wildman–Crippen MR) is 75.2 cm³/mol. The Labute approximate surface area is 118 Å². The van der Waals surface area contributed by atoms with Crippen LogP contribution in [0.15, 0.2) is 28.7 Å². The number of carbonyl (C=O) groups is 1. The Morgan fingerprint density at radius 3 is 2.95 bits per heavy atom. The molecule has 1 fully saturated rings. The molecule has 96 valence electrons. The van der Waals surface area contributed by atoms with Gasteiger partial charge in [0.25, 0.3) is 0 Å². The van der Waals surface area contributed by atoms with E-state index in [4.69, 9.17) is 4.42 Å². The van der Waals surface area contributed by atoms with Crippen molar-refractivity contribution in [3.8, 4) is 6.07 Å². The zero-order chi connectivity index (χ0) is 13.4. The fourth-order valence-corrected chi connectivity index (χ4v) is 2.91. The first-order chi connectivity index (χ1) is 9.24. The summed E-state index contributed by atoms with van der Waals surface area (Å²) in [6.07, 6.45) is 0.510. The first-order valence-corrected chi connectivity index (χ1v) is 7.14. The summed E-state index contributed by atoms with van der Waals surface area (Å²) in [5.41, 5.74) is 1.26. The van der Waals surface area contributed by atoms with E-state index in [1.807, 2.05) is 30.3 Å². The zero-order valence-electron chi connectivity index (χ0n) is 10.1. The van der Waals surface area contributed by atoms with E-state index in [2.05, 4.69) is 15.9 Å². The second-order valence-corrected chi connectivity index (χ2v) is 5.26. The van der Waals surface area contributed by atoms with Crippen molar-refractivity contribution in [1.29, 1.82) is 5.26 Å². The van der Waals surface area contributed by atoms with E-state index in [9.17, 15) is 10.1 Å². The molecule has 0 bridgehead atoms. The van der Waals surface area contributed by atoms with Crippen LogP contribution in [0.2, 0.25) is 0 Å². The Bertz CT molecular complexity index is 686. The van der Waals surface area contributed by atoms with Gasteiger partial charge < -0.3 is 9.32 Å². The molecule has 19 heavy (non-hydrogen) atoms. The largest absolute Gasteiger partial charge is 0.443 e. The molecule has 4 nitrogen and oxygen atoms in total. The molecule has 1 amide bonds. The van der Waals surface area contributed by atoms with Gasteiger partial charge in [0.2, 0.25) is 11.7 Å². The third kappa shape index (κ3) is 1.92. The smallest absolute Gasteiger partial charge is 0.228 e. The van der Waals surface area contributed by atoms with Crippen LogP contribution in [0, 0.1) is 17.2 Å². The number of furan rings is 1. The number of hydrogen-bond donors (Lipinski definition) is 0. The van der Waals surface area contributed by atoms with Crippen LogP contribution in [0.1, 0.15) is 12.2 Å². The van der Waals surface area contributed by atoms with Crippen LogP contribution >= 0.6 is 15.9 Å². The lowest BCUT2D eigenvalue weighted by Crippen LogP contribution is -2.25. The average molecular weight is 319 g/mol. The van der Waals surface area contributed by atoms with Gasteiger partial charge in [-0.05, 0) is 18.1 Å². The third-order valence-electron chi connectivity index (χ3n) is 3.36. The number of rotatable bonds is 2. The quantitative estimate of drug-likeness (QED) is 0.800. The van der Waals surface area contributed by atoms with Crippen molar-refractivity contribution in [3.05, 3.63) is 30.0 Å². The Morgan fingerprint density at radius 2 is 2.26 bits per heavy atom. The van der Waals surface area contributed by atoms with E-state index in [1.54, 1.807) is 4.90 Å². The highest BCUT2D eigenvalue weighted by Crippen LogP contribution is 2.37. The highest BCUT2D eigenvalue weighted by molar-refractivity contribution is 9.09.